The maximum atomic E-state index is 12.8. The van der Waals surface area contributed by atoms with E-state index in [-0.39, 0.29) is 5.82 Å². The molecule has 0 heterocycles. The van der Waals surface area contributed by atoms with Crippen LogP contribution in [-0.2, 0) is 6.61 Å². The van der Waals surface area contributed by atoms with Gasteiger partial charge in [-0.2, -0.15) is 0 Å². The molecule has 0 aliphatic rings. The molecule has 0 N–H and O–H groups in total. The number of benzene rings is 3. The second-order valence-electron chi connectivity index (χ2n) is 5.22. The largest absolute Gasteiger partial charge is 0.489 e. The van der Waals surface area contributed by atoms with Crippen molar-refractivity contribution in [2.75, 3.05) is 0 Å². The average molecular weight is 340 g/mol. The van der Waals surface area contributed by atoms with E-state index in [0.29, 0.717) is 11.6 Å². The first kappa shape index (κ1) is 16.2. The zero-order valence-electron chi connectivity index (χ0n) is 12.8. The zero-order valence-corrected chi connectivity index (χ0v) is 13.6. The van der Waals surface area contributed by atoms with Crippen LogP contribution in [0.1, 0.15) is 11.1 Å². The van der Waals surface area contributed by atoms with Gasteiger partial charge in [0.1, 0.15) is 18.2 Å². The van der Waals surface area contributed by atoms with Crippen LogP contribution in [0.3, 0.4) is 0 Å². The number of halogens is 2. The third-order valence-corrected chi connectivity index (χ3v) is 3.64. The molecule has 120 valence electrons. The highest BCUT2D eigenvalue weighted by Crippen LogP contribution is 2.17. The fourth-order valence-electron chi connectivity index (χ4n) is 2.07. The van der Waals surface area contributed by atoms with E-state index in [1.54, 1.807) is 30.5 Å². The van der Waals surface area contributed by atoms with Crippen LogP contribution < -0.4 is 4.74 Å². The number of rotatable bonds is 5. The smallest absolute Gasteiger partial charge is 0.123 e. The van der Waals surface area contributed by atoms with Crippen LogP contribution in [0, 0.1) is 5.82 Å². The lowest BCUT2D eigenvalue weighted by Crippen LogP contribution is -1.95. The maximum Gasteiger partial charge on any atom is 0.123 e. The fraction of sp³-hybridized carbons (Fsp3) is 0.0500. The van der Waals surface area contributed by atoms with Crippen molar-refractivity contribution in [1.29, 1.82) is 0 Å². The SMILES string of the molecule is Fc1ccc(COc2ccc(C=Nc3ccc(Cl)cc3)cc2)cc1. The predicted molar refractivity (Wildman–Crippen MR) is 95.9 cm³/mol. The van der Waals surface area contributed by atoms with Crippen LogP contribution in [0.25, 0.3) is 0 Å². The molecule has 3 rings (SSSR count). The van der Waals surface area contributed by atoms with Gasteiger partial charge in [0.25, 0.3) is 0 Å². The number of nitrogens with zero attached hydrogens (tertiary/aromatic N) is 1. The third-order valence-electron chi connectivity index (χ3n) is 3.39. The third kappa shape index (κ3) is 4.67. The Morgan fingerprint density at radius 3 is 2.21 bits per heavy atom. The summed E-state index contributed by atoms with van der Waals surface area (Å²) in [6, 6.07) is 21.2. The molecule has 0 bridgehead atoms. The summed E-state index contributed by atoms with van der Waals surface area (Å²) in [5, 5.41) is 0.691. The Labute approximate surface area is 145 Å². The van der Waals surface area contributed by atoms with Crippen LogP contribution in [0.4, 0.5) is 10.1 Å². The Morgan fingerprint density at radius 1 is 0.875 bits per heavy atom. The van der Waals surface area contributed by atoms with Gasteiger partial charge in [0.15, 0.2) is 0 Å². The molecule has 0 spiro atoms. The summed E-state index contributed by atoms with van der Waals surface area (Å²) in [6.07, 6.45) is 1.78. The van der Waals surface area contributed by atoms with Gasteiger partial charge in [-0.25, -0.2) is 4.39 Å². The molecule has 0 aromatic heterocycles. The second-order valence-corrected chi connectivity index (χ2v) is 5.66. The van der Waals surface area contributed by atoms with Crippen molar-refractivity contribution in [2.24, 2.45) is 4.99 Å². The van der Waals surface area contributed by atoms with E-state index in [1.165, 1.54) is 12.1 Å². The van der Waals surface area contributed by atoms with Gasteiger partial charge in [-0.15, -0.1) is 0 Å². The highest BCUT2D eigenvalue weighted by Gasteiger charge is 1.97. The summed E-state index contributed by atoms with van der Waals surface area (Å²) in [5.74, 6) is 0.506. The molecule has 3 aromatic carbocycles. The van der Waals surface area contributed by atoms with Gasteiger partial charge in [0.2, 0.25) is 0 Å². The van der Waals surface area contributed by atoms with Gasteiger partial charge < -0.3 is 4.74 Å². The van der Waals surface area contributed by atoms with Gasteiger partial charge >= 0.3 is 0 Å². The van der Waals surface area contributed by atoms with Gasteiger partial charge in [0, 0.05) is 11.2 Å². The minimum atomic E-state index is -0.247. The summed E-state index contributed by atoms with van der Waals surface area (Å²) in [6.45, 7) is 0.401. The first-order valence-electron chi connectivity index (χ1n) is 7.46. The molecule has 0 atom stereocenters. The monoisotopic (exact) mass is 339 g/mol. The van der Waals surface area contributed by atoms with Crippen LogP contribution in [-0.4, -0.2) is 6.21 Å². The molecule has 0 aliphatic carbocycles. The molecule has 3 aromatic rings. The molecule has 0 radical (unpaired) electrons. The number of ether oxygens (including phenoxy) is 1. The van der Waals surface area contributed by atoms with Crippen LogP contribution in [0.2, 0.25) is 5.02 Å². The second kappa shape index (κ2) is 7.75. The number of aliphatic imine (C=N–C) groups is 1. The van der Waals surface area contributed by atoms with E-state index < -0.39 is 0 Å². The zero-order chi connectivity index (χ0) is 16.8. The Hall–Kier alpha value is -2.65. The van der Waals surface area contributed by atoms with E-state index in [0.717, 1.165) is 22.6 Å². The van der Waals surface area contributed by atoms with Crippen molar-refractivity contribution in [3.63, 3.8) is 0 Å². The maximum absolute atomic E-state index is 12.8. The molecule has 4 heteroatoms. The molecule has 0 saturated carbocycles. The Kier molecular flexibility index (Phi) is 5.24. The minimum Gasteiger partial charge on any atom is -0.489 e. The first-order chi connectivity index (χ1) is 11.7. The molecular formula is C20H15ClFNO. The van der Waals surface area contributed by atoms with E-state index in [9.17, 15) is 4.39 Å². The highest BCUT2D eigenvalue weighted by molar-refractivity contribution is 6.30. The topological polar surface area (TPSA) is 21.6 Å². The lowest BCUT2D eigenvalue weighted by atomic mass is 10.2. The molecule has 24 heavy (non-hydrogen) atoms. The highest BCUT2D eigenvalue weighted by atomic mass is 35.5. The van der Waals surface area contributed by atoms with Gasteiger partial charge in [-0.05, 0) is 71.8 Å². The van der Waals surface area contributed by atoms with Crippen molar-refractivity contribution >= 4 is 23.5 Å². The summed E-state index contributed by atoms with van der Waals surface area (Å²) < 4.78 is 18.5. The Bertz CT molecular complexity index is 812. The van der Waals surface area contributed by atoms with Gasteiger partial charge in [-0.3, -0.25) is 4.99 Å². The summed E-state index contributed by atoms with van der Waals surface area (Å²) in [4.78, 5) is 4.39. The molecular weight excluding hydrogens is 325 g/mol. The van der Waals surface area contributed by atoms with Crippen LogP contribution >= 0.6 is 11.6 Å². The summed E-state index contributed by atoms with van der Waals surface area (Å²) in [5.41, 5.74) is 2.74. The molecule has 0 fully saturated rings. The Balaban J connectivity index is 1.58. The number of hydrogen-bond acceptors (Lipinski definition) is 2. The van der Waals surface area contributed by atoms with Crippen molar-refractivity contribution in [2.45, 2.75) is 6.61 Å². The van der Waals surface area contributed by atoms with Crippen LogP contribution in [0.15, 0.2) is 77.8 Å². The van der Waals surface area contributed by atoms with Crippen molar-refractivity contribution in [3.8, 4) is 5.75 Å². The predicted octanol–water partition coefficient (Wildman–Crippen LogP) is 5.81. The van der Waals surface area contributed by atoms with Gasteiger partial charge in [-0.1, -0.05) is 23.7 Å². The van der Waals surface area contributed by atoms with Gasteiger partial charge in [0.05, 0.1) is 5.69 Å². The van der Waals surface area contributed by atoms with E-state index >= 15 is 0 Å². The van der Waals surface area contributed by atoms with E-state index in [2.05, 4.69) is 4.99 Å². The lowest BCUT2D eigenvalue weighted by Gasteiger charge is -2.06. The average Bonchev–Trinajstić information content (AvgIpc) is 2.62. The summed E-state index contributed by atoms with van der Waals surface area (Å²) in [7, 11) is 0. The fourth-order valence-corrected chi connectivity index (χ4v) is 2.20. The van der Waals surface area contributed by atoms with E-state index in [4.69, 9.17) is 16.3 Å². The molecule has 2 nitrogen and oxygen atoms in total. The van der Waals surface area contributed by atoms with Crippen LogP contribution in [0.5, 0.6) is 5.75 Å². The standard InChI is InChI=1S/C20H15ClFNO/c21-17-5-9-19(10-6-17)23-13-15-3-11-20(12-4-15)24-14-16-1-7-18(22)8-2-16/h1-13H,14H2. The van der Waals surface area contributed by atoms with Crippen molar-refractivity contribution < 1.29 is 9.13 Å². The van der Waals surface area contributed by atoms with Crippen molar-refractivity contribution in [1.82, 2.24) is 0 Å². The minimum absolute atomic E-state index is 0.247. The molecule has 0 amide bonds. The quantitative estimate of drug-likeness (QED) is 0.537. The molecule has 0 aliphatic heterocycles. The molecule has 0 unspecified atom stereocenters. The molecule has 0 saturated heterocycles. The summed E-state index contributed by atoms with van der Waals surface area (Å²) >= 11 is 5.84. The Morgan fingerprint density at radius 2 is 1.54 bits per heavy atom. The number of hydrogen-bond donors (Lipinski definition) is 0. The lowest BCUT2D eigenvalue weighted by molar-refractivity contribution is 0.306. The normalized spacial score (nSPS) is 10.9. The first-order valence-corrected chi connectivity index (χ1v) is 7.84. The van der Waals surface area contributed by atoms with Crippen molar-refractivity contribution in [3.05, 3.63) is 94.8 Å². The van der Waals surface area contributed by atoms with E-state index in [1.807, 2.05) is 36.4 Å².